The highest BCUT2D eigenvalue weighted by Crippen LogP contribution is 2.31. The average Bonchev–Trinajstić information content (AvgIpc) is 2.77. The molecule has 0 bridgehead atoms. The molecule has 1 N–H and O–H groups in total. The minimum atomic E-state index is 0.0212. The van der Waals surface area contributed by atoms with Crippen molar-refractivity contribution in [3.63, 3.8) is 0 Å². The van der Waals surface area contributed by atoms with Crippen molar-refractivity contribution >= 4 is 40.3 Å². The van der Waals surface area contributed by atoms with Crippen LogP contribution in [0.3, 0.4) is 0 Å². The number of benzene rings is 1. The smallest absolute Gasteiger partial charge is 0.270 e. The van der Waals surface area contributed by atoms with Gasteiger partial charge in [-0.2, -0.15) is 0 Å². The molecule has 1 amide bonds. The zero-order chi connectivity index (χ0) is 14.7. The lowest BCUT2D eigenvalue weighted by Crippen LogP contribution is -3.15. The largest absolute Gasteiger partial charge is 0.370 e. The zero-order valence-electron chi connectivity index (χ0n) is 11.6. The summed E-state index contributed by atoms with van der Waals surface area (Å²) in [4.78, 5) is 16.3. The lowest BCUT2D eigenvalue weighted by atomic mass is 10.2. The van der Waals surface area contributed by atoms with Gasteiger partial charge in [0.15, 0.2) is 11.0 Å². The van der Waals surface area contributed by atoms with E-state index in [1.54, 1.807) is 4.90 Å². The van der Waals surface area contributed by atoms with Crippen molar-refractivity contribution in [3.05, 3.63) is 40.8 Å². The molecule has 1 aromatic carbocycles. The molecule has 2 fully saturated rings. The van der Waals surface area contributed by atoms with Gasteiger partial charge in [0.05, 0.1) is 18.1 Å². The first kappa shape index (κ1) is 14.7. The number of nitrogens with one attached hydrogen (secondary N) is 1. The van der Waals surface area contributed by atoms with E-state index in [2.05, 4.69) is 0 Å². The molecule has 0 aromatic heterocycles. The summed E-state index contributed by atoms with van der Waals surface area (Å²) in [6.07, 6.45) is 1.91. The van der Waals surface area contributed by atoms with E-state index < -0.39 is 0 Å². The quantitative estimate of drug-likeness (QED) is 0.658. The molecule has 3 rings (SSSR count). The van der Waals surface area contributed by atoms with Crippen LogP contribution in [0.1, 0.15) is 5.56 Å². The number of carbonyl (C=O) groups is 1. The van der Waals surface area contributed by atoms with Crippen LogP contribution in [0.4, 0.5) is 0 Å². The highest BCUT2D eigenvalue weighted by Gasteiger charge is 2.34. The Hall–Kier alpha value is -1.21. The number of quaternary nitrogens is 1. The highest BCUT2D eigenvalue weighted by molar-refractivity contribution is 8.26. The van der Waals surface area contributed by atoms with Gasteiger partial charge >= 0.3 is 0 Å². The molecular formula is C15H17N2O2S2+. The van der Waals surface area contributed by atoms with E-state index in [4.69, 9.17) is 17.0 Å². The molecule has 4 nitrogen and oxygen atoms in total. The number of hydrogen-bond acceptors (Lipinski definition) is 4. The van der Waals surface area contributed by atoms with Crippen molar-refractivity contribution in [1.82, 2.24) is 4.90 Å². The fourth-order valence-electron chi connectivity index (χ4n) is 2.38. The molecule has 2 aliphatic rings. The van der Waals surface area contributed by atoms with Gasteiger partial charge in [-0.25, -0.2) is 4.90 Å². The number of hydrogen-bond donors (Lipinski definition) is 1. The van der Waals surface area contributed by atoms with Crippen molar-refractivity contribution in [2.75, 3.05) is 33.0 Å². The molecule has 2 aliphatic heterocycles. The third-order valence-electron chi connectivity index (χ3n) is 3.55. The zero-order valence-corrected chi connectivity index (χ0v) is 13.2. The number of carbonyl (C=O) groups excluding carboxylic acids is 1. The molecule has 21 heavy (non-hydrogen) atoms. The minimum absolute atomic E-state index is 0.0212. The van der Waals surface area contributed by atoms with Gasteiger partial charge in [0, 0.05) is 0 Å². The number of morpholine rings is 1. The Balaban J connectivity index is 1.71. The SMILES string of the molecule is O=C1/C(=C\c2ccccc2)SC(=S)N1C[NH+]1CCOCC1. The van der Waals surface area contributed by atoms with Crippen molar-refractivity contribution in [2.24, 2.45) is 0 Å². The molecule has 1 aromatic rings. The van der Waals surface area contributed by atoms with Crippen LogP contribution >= 0.6 is 24.0 Å². The summed E-state index contributed by atoms with van der Waals surface area (Å²) >= 11 is 6.75. The average molecular weight is 321 g/mol. The molecule has 2 heterocycles. The molecular weight excluding hydrogens is 304 g/mol. The summed E-state index contributed by atoms with van der Waals surface area (Å²) in [5, 5.41) is 0. The minimum Gasteiger partial charge on any atom is -0.370 e. The Kier molecular flexibility index (Phi) is 4.70. The summed E-state index contributed by atoms with van der Waals surface area (Å²) in [5.41, 5.74) is 1.02. The Bertz CT molecular complexity index is 568. The van der Waals surface area contributed by atoms with Crippen LogP contribution in [0.2, 0.25) is 0 Å². The second-order valence-electron chi connectivity index (χ2n) is 5.04. The van der Waals surface area contributed by atoms with E-state index in [9.17, 15) is 4.79 Å². The number of thioether (sulfide) groups is 1. The van der Waals surface area contributed by atoms with E-state index in [1.165, 1.54) is 16.7 Å². The van der Waals surface area contributed by atoms with E-state index in [-0.39, 0.29) is 5.91 Å². The van der Waals surface area contributed by atoms with Gasteiger partial charge in [-0.1, -0.05) is 54.3 Å². The molecule has 2 saturated heterocycles. The van der Waals surface area contributed by atoms with Gasteiger partial charge in [-0.15, -0.1) is 0 Å². The Morgan fingerprint density at radius 2 is 2.00 bits per heavy atom. The number of thiocarbonyl (C=S) groups is 1. The van der Waals surface area contributed by atoms with Crippen LogP contribution in [0.15, 0.2) is 35.2 Å². The van der Waals surface area contributed by atoms with Gasteiger partial charge in [0.25, 0.3) is 5.91 Å². The second-order valence-corrected chi connectivity index (χ2v) is 6.72. The maximum Gasteiger partial charge on any atom is 0.270 e. The Morgan fingerprint density at radius 1 is 1.29 bits per heavy atom. The van der Waals surface area contributed by atoms with Crippen LogP contribution in [0, 0.1) is 0 Å². The van der Waals surface area contributed by atoms with Gasteiger partial charge in [-0.05, 0) is 11.6 Å². The van der Waals surface area contributed by atoms with E-state index >= 15 is 0 Å². The fourth-order valence-corrected chi connectivity index (χ4v) is 3.63. The third kappa shape index (κ3) is 3.52. The van der Waals surface area contributed by atoms with E-state index in [0.29, 0.717) is 15.9 Å². The van der Waals surface area contributed by atoms with Gasteiger partial charge in [0.2, 0.25) is 0 Å². The monoisotopic (exact) mass is 321 g/mol. The van der Waals surface area contributed by atoms with Crippen molar-refractivity contribution in [2.45, 2.75) is 0 Å². The molecule has 0 aliphatic carbocycles. The maximum atomic E-state index is 12.5. The Labute approximate surface area is 133 Å². The third-order valence-corrected chi connectivity index (χ3v) is 4.93. The van der Waals surface area contributed by atoms with Crippen LogP contribution < -0.4 is 4.90 Å². The standard InChI is InChI=1S/C15H16N2O2S2/c18-14-13(10-12-4-2-1-3-5-12)21-15(20)17(14)11-16-6-8-19-9-7-16/h1-5,10H,6-9,11H2/p+1/b13-10+. The summed E-state index contributed by atoms with van der Waals surface area (Å²) in [6, 6.07) is 9.86. The second kappa shape index (κ2) is 6.70. The van der Waals surface area contributed by atoms with Gasteiger partial charge < -0.3 is 9.64 Å². The van der Waals surface area contributed by atoms with E-state index in [1.807, 2.05) is 36.4 Å². The highest BCUT2D eigenvalue weighted by atomic mass is 32.2. The first-order chi connectivity index (χ1) is 10.2. The van der Waals surface area contributed by atoms with Crippen LogP contribution in [-0.4, -0.2) is 48.1 Å². The van der Waals surface area contributed by atoms with Crippen molar-refractivity contribution < 1.29 is 14.4 Å². The molecule has 0 spiro atoms. The fraction of sp³-hybridized carbons (Fsp3) is 0.333. The first-order valence-electron chi connectivity index (χ1n) is 6.96. The number of amides is 1. The summed E-state index contributed by atoms with van der Waals surface area (Å²) in [5.74, 6) is 0.0212. The summed E-state index contributed by atoms with van der Waals surface area (Å²) in [6.45, 7) is 4.00. The molecule has 0 atom stereocenters. The summed E-state index contributed by atoms with van der Waals surface area (Å²) in [7, 11) is 0. The molecule has 6 heteroatoms. The number of ether oxygens (including phenoxy) is 1. The lowest BCUT2D eigenvalue weighted by molar-refractivity contribution is -0.914. The first-order valence-corrected chi connectivity index (χ1v) is 8.18. The molecule has 0 saturated carbocycles. The normalized spacial score (nSPS) is 22.3. The maximum absolute atomic E-state index is 12.5. The van der Waals surface area contributed by atoms with E-state index in [0.717, 1.165) is 31.9 Å². The summed E-state index contributed by atoms with van der Waals surface area (Å²) < 4.78 is 6.00. The Morgan fingerprint density at radius 3 is 2.71 bits per heavy atom. The van der Waals surface area contributed by atoms with Crippen LogP contribution in [0.25, 0.3) is 6.08 Å². The predicted molar refractivity (Wildman–Crippen MR) is 87.8 cm³/mol. The molecule has 0 radical (unpaired) electrons. The lowest BCUT2D eigenvalue weighted by Gasteiger charge is -2.27. The molecule has 110 valence electrons. The van der Waals surface area contributed by atoms with Crippen molar-refractivity contribution in [1.29, 1.82) is 0 Å². The topological polar surface area (TPSA) is 34.0 Å². The van der Waals surface area contributed by atoms with Crippen LogP contribution in [-0.2, 0) is 9.53 Å². The predicted octanol–water partition coefficient (Wildman–Crippen LogP) is 0.760. The van der Waals surface area contributed by atoms with Gasteiger partial charge in [-0.3, -0.25) is 4.79 Å². The van der Waals surface area contributed by atoms with Crippen LogP contribution in [0.5, 0.6) is 0 Å². The number of rotatable bonds is 3. The van der Waals surface area contributed by atoms with Gasteiger partial charge in [0.1, 0.15) is 13.1 Å². The number of nitrogens with zero attached hydrogens (tertiary/aromatic N) is 1. The molecule has 0 unspecified atom stereocenters. The van der Waals surface area contributed by atoms with Crippen molar-refractivity contribution in [3.8, 4) is 0 Å².